The first-order chi connectivity index (χ1) is 7.74. The quantitative estimate of drug-likeness (QED) is 0.767. The van der Waals surface area contributed by atoms with Gasteiger partial charge in [0.15, 0.2) is 0 Å². The minimum absolute atomic E-state index is 0.733. The van der Waals surface area contributed by atoms with Gasteiger partial charge in [-0.3, -0.25) is 0 Å². The zero-order chi connectivity index (χ0) is 11.4. The lowest BCUT2D eigenvalue weighted by Crippen LogP contribution is -2.02. The lowest BCUT2D eigenvalue weighted by molar-refractivity contribution is 1.05. The first-order valence-corrected chi connectivity index (χ1v) is 5.11. The number of nitrogens with one attached hydrogen (secondary N) is 1. The minimum Gasteiger partial charge on any atom is -0.399 e. The average molecular weight is 214 g/mol. The van der Waals surface area contributed by atoms with Gasteiger partial charge in [-0.2, -0.15) is 0 Å². The summed E-state index contributed by atoms with van der Waals surface area (Å²) in [6, 6.07) is 9.69. The van der Waals surface area contributed by atoms with Gasteiger partial charge in [0.1, 0.15) is 12.1 Å². The van der Waals surface area contributed by atoms with E-state index in [1.807, 2.05) is 37.3 Å². The van der Waals surface area contributed by atoms with Crippen LogP contribution in [0.4, 0.5) is 11.5 Å². The summed E-state index contributed by atoms with van der Waals surface area (Å²) in [6.45, 7) is 2.67. The zero-order valence-corrected chi connectivity index (χ0v) is 9.14. The Bertz CT molecular complexity index is 465. The van der Waals surface area contributed by atoms with Gasteiger partial charge in [0.25, 0.3) is 0 Å². The molecule has 0 fully saturated rings. The Morgan fingerprint density at radius 2 is 1.94 bits per heavy atom. The highest BCUT2D eigenvalue weighted by molar-refractivity contribution is 5.41. The second-order valence-electron chi connectivity index (χ2n) is 3.64. The molecule has 2 aromatic rings. The molecule has 1 aromatic heterocycles. The van der Waals surface area contributed by atoms with Crippen LogP contribution in [0.1, 0.15) is 11.3 Å². The number of aromatic nitrogens is 2. The van der Waals surface area contributed by atoms with Crippen molar-refractivity contribution in [1.29, 1.82) is 0 Å². The van der Waals surface area contributed by atoms with Crippen LogP contribution in [-0.2, 0) is 6.54 Å². The predicted octanol–water partition coefficient (Wildman–Crippen LogP) is 1.98. The third kappa shape index (κ3) is 2.70. The van der Waals surface area contributed by atoms with Gasteiger partial charge in [0.2, 0.25) is 0 Å². The highest BCUT2D eigenvalue weighted by Gasteiger charge is 1.96. The van der Waals surface area contributed by atoms with Crippen LogP contribution in [0.2, 0.25) is 0 Å². The maximum atomic E-state index is 5.61. The van der Waals surface area contributed by atoms with Crippen molar-refractivity contribution < 1.29 is 0 Å². The van der Waals surface area contributed by atoms with Crippen molar-refractivity contribution in [1.82, 2.24) is 9.97 Å². The molecule has 0 unspecified atom stereocenters. The molecule has 0 aliphatic rings. The number of hydrogen-bond acceptors (Lipinski definition) is 4. The van der Waals surface area contributed by atoms with Crippen LogP contribution in [0.25, 0.3) is 0 Å². The van der Waals surface area contributed by atoms with E-state index in [9.17, 15) is 0 Å². The van der Waals surface area contributed by atoms with Crippen LogP contribution in [0.15, 0.2) is 36.7 Å². The molecular weight excluding hydrogens is 200 g/mol. The number of nitrogen functional groups attached to an aromatic ring is 1. The number of nitrogens with two attached hydrogens (primary N) is 1. The van der Waals surface area contributed by atoms with E-state index in [-0.39, 0.29) is 0 Å². The fourth-order valence-corrected chi connectivity index (χ4v) is 1.38. The van der Waals surface area contributed by atoms with E-state index in [0.717, 1.165) is 23.7 Å². The molecule has 0 saturated carbocycles. The fourth-order valence-electron chi connectivity index (χ4n) is 1.38. The molecule has 0 aliphatic heterocycles. The molecule has 0 amide bonds. The van der Waals surface area contributed by atoms with Gasteiger partial charge >= 0.3 is 0 Å². The molecule has 0 spiro atoms. The van der Waals surface area contributed by atoms with Gasteiger partial charge in [-0.05, 0) is 24.6 Å². The van der Waals surface area contributed by atoms with E-state index in [1.54, 1.807) is 6.33 Å². The summed E-state index contributed by atoms with van der Waals surface area (Å²) >= 11 is 0. The van der Waals surface area contributed by atoms with E-state index in [0.29, 0.717) is 0 Å². The maximum Gasteiger partial charge on any atom is 0.129 e. The van der Waals surface area contributed by atoms with Gasteiger partial charge in [0.05, 0.1) is 0 Å². The summed E-state index contributed by atoms with van der Waals surface area (Å²) in [7, 11) is 0. The van der Waals surface area contributed by atoms with E-state index < -0.39 is 0 Å². The van der Waals surface area contributed by atoms with Crippen molar-refractivity contribution in [3.8, 4) is 0 Å². The number of aryl methyl sites for hydroxylation is 1. The van der Waals surface area contributed by atoms with E-state index in [2.05, 4.69) is 15.3 Å². The number of anilines is 2. The summed E-state index contributed by atoms with van der Waals surface area (Å²) in [5, 5.41) is 3.23. The van der Waals surface area contributed by atoms with Crippen molar-refractivity contribution in [2.75, 3.05) is 11.1 Å². The van der Waals surface area contributed by atoms with E-state index in [1.165, 1.54) is 5.56 Å². The van der Waals surface area contributed by atoms with Gasteiger partial charge in [-0.1, -0.05) is 12.1 Å². The second-order valence-corrected chi connectivity index (χ2v) is 3.64. The Hall–Kier alpha value is -2.10. The molecule has 3 N–H and O–H groups in total. The highest BCUT2D eigenvalue weighted by atomic mass is 15.0. The Balaban J connectivity index is 1.99. The SMILES string of the molecule is Cc1cc(NCc2ccc(N)cc2)ncn1. The Morgan fingerprint density at radius 3 is 2.62 bits per heavy atom. The Morgan fingerprint density at radius 1 is 1.19 bits per heavy atom. The normalized spacial score (nSPS) is 10.1. The van der Waals surface area contributed by atoms with Crippen molar-refractivity contribution in [2.24, 2.45) is 0 Å². The largest absolute Gasteiger partial charge is 0.399 e. The fraction of sp³-hybridized carbons (Fsp3) is 0.167. The molecule has 1 heterocycles. The van der Waals surface area contributed by atoms with Crippen molar-refractivity contribution >= 4 is 11.5 Å². The first kappa shape index (κ1) is 10.4. The van der Waals surface area contributed by atoms with Gasteiger partial charge < -0.3 is 11.1 Å². The summed E-state index contributed by atoms with van der Waals surface area (Å²) in [5.74, 6) is 0.837. The second kappa shape index (κ2) is 4.61. The Kier molecular flexibility index (Phi) is 3.00. The number of hydrogen-bond donors (Lipinski definition) is 2. The topological polar surface area (TPSA) is 63.8 Å². The maximum absolute atomic E-state index is 5.61. The molecule has 4 nitrogen and oxygen atoms in total. The van der Waals surface area contributed by atoms with Crippen LogP contribution in [0, 0.1) is 6.92 Å². The van der Waals surface area contributed by atoms with Gasteiger partial charge in [0, 0.05) is 24.0 Å². The van der Waals surface area contributed by atoms with Crippen LogP contribution in [0.3, 0.4) is 0 Å². The number of nitrogens with zero attached hydrogens (tertiary/aromatic N) is 2. The lowest BCUT2D eigenvalue weighted by atomic mass is 10.2. The summed E-state index contributed by atoms with van der Waals surface area (Å²) in [5.41, 5.74) is 8.52. The van der Waals surface area contributed by atoms with Crippen molar-refractivity contribution in [2.45, 2.75) is 13.5 Å². The first-order valence-electron chi connectivity index (χ1n) is 5.11. The average Bonchev–Trinajstić information content (AvgIpc) is 2.28. The standard InChI is InChI=1S/C12H14N4/c1-9-6-12(16-8-15-9)14-7-10-2-4-11(13)5-3-10/h2-6,8H,7,13H2,1H3,(H,14,15,16). The summed E-state index contributed by atoms with van der Waals surface area (Å²) in [6.07, 6.45) is 1.56. The van der Waals surface area contributed by atoms with Crippen LogP contribution in [0.5, 0.6) is 0 Å². The van der Waals surface area contributed by atoms with Crippen LogP contribution in [-0.4, -0.2) is 9.97 Å². The molecule has 0 atom stereocenters. The van der Waals surface area contributed by atoms with E-state index in [4.69, 9.17) is 5.73 Å². The minimum atomic E-state index is 0.733. The molecule has 0 radical (unpaired) electrons. The number of rotatable bonds is 3. The van der Waals surface area contributed by atoms with E-state index >= 15 is 0 Å². The molecular formula is C12H14N4. The molecule has 4 heteroatoms. The van der Waals surface area contributed by atoms with Gasteiger partial charge in [-0.15, -0.1) is 0 Å². The summed E-state index contributed by atoms with van der Waals surface area (Å²) in [4.78, 5) is 8.16. The smallest absolute Gasteiger partial charge is 0.129 e. The summed E-state index contributed by atoms with van der Waals surface area (Å²) < 4.78 is 0. The molecule has 16 heavy (non-hydrogen) atoms. The lowest BCUT2D eigenvalue weighted by Gasteiger charge is -2.05. The third-order valence-electron chi connectivity index (χ3n) is 2.26. The van der Waals surface area contributed by atoms with Crippen molar-refractivity contribution in [3.05, 3.63) is 47.9 Å². The third-order valence-corrected chi connectivity index (χ3v) is 2.26. The number of benzene rings is 1. The zero-order valence-electron chi connectivity index (χ0n) is 9.14. The molecule has 0 bridgehead atoms. The molecule has 0 aliphatic carbocycles. The van der Waals surface area contributed by atoms with Crippen LogP contribution < -0.4 is 11.1 Å². The highest BCUT2D eigenvalue weighted by Crippen LogP contribution is 2.08. The monoisotopic (exact) mass is 214 g/mol. The van der Waals surface area contributed by atoms with Gasteiger partial charge in [-0.25, -0.2) is 9.97 Å². The Labute approximate surface area is 94.5 Å². The molecule has 2 rings (SSSR count). The molecule has 1 aromatic carbocycles. The van der Waals surface area contributed by atoms with Crippen LogP contribution >= 0.6 is 0 Å². The predicted molar refractivity (Wildman–Crippen MR) is 65.0 cm³/mol. The molecule has 0 saturated heterocycles. The molecule has 82 valence electrons. The van der Waals surface area contributed by atoms with Crippen molar-refractivity contribution in [3.63, 3.8) is 0 Å².